The fraction of sp³-hybridized carbons (Fsp3) is 0.500. The number of carbonyl (C=O) groups excluding carboxylic acids is 3. The summed E-state index contributed by atoms with van der Waals surface area (Å²) >= 11 is 0. The molecule has 0 bridgehead atoms. The summed E-state index contributed by atoms with van der Waals surface area (Å²) in [5.74, 6) is -3.64. The minimum absolute atomic E-state index is 0.00190. The fourth-order valence-electron chi connectivity index (χ4n) is 5.90. The quantitative estimate of drug-likeness (QED) is 0.138. The van der Waals surface area contributed by atoms with Gasteiger partial charge in [-0.25, -0.2) is 4.79 Å². The summed E-state index contributed by atoms with van der Waals surface area (Å²) in [7, 11) is 31.0. The predicted octanol–water partition coefficient (Wildman–Crippen LogP) is 1.34. The van der Waals surface area contributed by atoms with E-state index in [0.29, 0.717) is 33.4 Å². The molecule has 45 heavy (non-hydrogen) atoms. The third-order valence-electron chi connectivity index (χ3n) is 8.07. The van der Waals surface area contributed by atoms with Crippen molar-refractivity contribution in [1.82, 2.24) is 0 Å². The predicted molar refractivity (Wildman–Crippen MR) is 176 cm³/mol. The first-order valence-corrected chi connectivity index (χ1v) is 16.3. The summed E-state index contributed by atoms with van der Waals surface area (Å²) in [6.07, 6.45) is 0.542. The number of rotatable bonds is 15. The van der Waals surface area contributed by atoms with E-state index in [4.69, 9.17) is 61.1 Å². The van der Waals surface area contributed by atoms with Crippen LogP contribution < -0.4 is 0 Å². The third-order valence-corrected chi connectivity index (χ3v) is 8.75. The van der Waals surface area contributed by atoms with Crippen LogP contribution in [-0.4, -0.2) is 96.2 Å². The normalized spacial score (nSPS) is 18.3. The second kappa shape index (κ2) is 16.8. The van der Waals surface area contributed by atoms with Crippen LogP contribution in [0.15, 0.2) is 24.3 Å². The molecule has 1 N–H and O–H groups in total. The van der Waals surface area contributed by atoms with Crippen molar-refractivity contribution in [3.8, 4) is 0 Å². The summed E-state index contributed by atoms with van der Waals surface area (Å²) in [6, 6.07) is 6.89. The molecule has 3 rings (SSSR count). The maximum Gasteiger partial charge on any atom is 0.338 e. The van der Waals surface area contributed by atoms with E-state index >= 15 is 0 Å². The van der Waals surface area contributed by atoms with Gasteiger partial charge in [0.2, 0.25) is 0 Å². The smallest absolute Gasteiger partial charge is 0.338 e. The van der Waals surface area contributed by atoms with Crippen LogP contribution in [0.4, 0.5) is 0 Å². The Hall–Kier alpha value is -2.65. The highest BCUT2D eigenvalue weighted by Gasteiger charge is 2.37. The minimum atomic E-state index is -4.35. The number of ketones is 1. The SMILES string of the molecule is [B]Cc1cc(C[B])c(C[B])c(C(=O)CC2CC(OC(=O)c3cc(C[B])cc(C[B])c3C[B])CC(C(=O)OCCS(=O)(=O)O)C2)c1. The largest absolute Gasteiger partial charge is 0.464 e. The molecule has 0 heterocycles. The average molecular weight is 618 g/mol. The van der Waals surface area contributed by atoms with Crippen molar-refractivity contribution in [2.45, 2.75) is 69.7 Å². The Morgan fingerprint density at radius 3 is 1.82 bits per heavy atom. The van der Waals surface area contributed by atoms with Crippen LogP contribution in [-0.2, 0) is 62.3 Å². The maximum absolute atomic E-state index is 13.7. The molecule has 12 radical (unpaired) electrons. The van der Waals surface area contributed by atoms with Crippen LogP contribution in [0.2, 0.25) is 0 Å². The lowest BCUT2D eigenvalue weighted by Gasteiger charge is -2.33. The molecule has 0 spiro atoms. The molecule has 0 aliphatic heterocycles. The summed E-state index contributed by atoms with van der Waals surface area (Å²) < 4.78 is 42.3. The Balaban J connectivity index is 1.90. The average Bonchev–Trinajstić information content (AvgIpc) is 3.02. The second-order valence-corrected chi connectivity index (χ2v) is 12.7. The van der Waals surface area contributed by atoms with E-state index in [0.717, 1.165) is 5.56 Å². The van der Waals surface area contributed by atoms with E-state index in [9.17, 15) is 22.8 Å². The van der Waals surface area contributed by atoms with Gasteiger partial charge in [0.05, 0.1) is 58.6 Å². The molecule has 1 aliphatic rings. The van der Waals surface area contributed by atoms with Gasteiger partial charge in [0.25, 0.3) is 10.1 Å². The zero-order valence-corrected chi connectivity index (χ0v) is 26.0. The summed E-state index contributed by atoms with van der Waals surface area (Å²) in [5, 5.41) is 0. The van der Waals surface area contributed by atoms with Gasteiger partial charge in [0.1, 0.15) is 18.5 Å². The number of benzene rings is 2. The van der Waals surface area contributed by atoms with Crippen molar-refractivity contribution in [2.75, 3.05) is 12.4 Å². The molecule has 0 saturated heterocycles. The Morgan fingerprint density at radius 2 is 1.31 bits per heavy atom. The first kappa shape index (κ1) is 36.8. The molecule has 2 aromatic carbocycles. The first-order valence-electron chi connectivity index (χ1n) is 14.7. The van der Waals surface area contributed by atoms with Crippen molar-refractivity contribution in [3.05, 3.63) is 68.8 Å². The van der Waals surface area contributed by atoms with E-state index < -0.39 is 52.4 Å². The van der Waals surface area contributed by atoms with Crippen LogP contribution in [0.3, 0.4) is 0 Å². The van der Waals surface area contributed by atoms with Crippen LogP contribution in [0.5, 0.6) is 0 Å². The molecule has 2 aromatic rings. The van der Waals surface area contributed by atoms with Crippen molar-refractivity contribution in [3.63, 3.8) is 0 Å². The van der Waals surface area contributed by atoms with Gasteiger partial charge >= 0.3 is 11.9 Å². The molecule has 1 fully saturated rings. The van der Waals surface area contributed by atoms with Crippen molar-refractivity contribution >= 4 is 74.9 Å². The van der Waals surface area contributed by atoms with Crippen LogP contribution in [0.25, 0.3) is 0 Å². The number of esters is 2. The van der Waals surface area contributed by atoms with E-state index in [1.54, 1.807) is 18.2 Å². The van der Waals surface area contributed by atoms with Crippen LogP contribution in [0, 0.1) is 11.8 Å². The third kappa shape index (κ3) is 9.92. The second-order valence-electron chi connectivity index (χ2n) is 11.2. The molecule has 0 aromatic heterocycles. The van der Waals surface area contributed by atoms with Gasteiger partial charge in [-0.15, -0.1) is 0 Å². The highest BCUT2D eigenvalue weighted by atomic mass is 32.2. The highest BCUT2D eigenvalue weighted by Crippen LogP contribution is 2.36. The van der Waals surface area contributed by atoms with Crippen LogP contribution in [0.1, 0.15) is 79.8 Å². The Bertz CT molecular complexity index is 1410. The van der Waals surface area contributed by atoms with E-state index in [1.807, 2.05) is 6.07 Å². The molecular formula is C30H32B6O8S. The van der Waals surface area contributed by atoms with Gasteiger partial charge in [-0.05, 0) is 48.4 Å². The molecule has 224 valence electrons. The first-order chi connectivity index (χ1) is 21.4. The number of carbonyl (C=O) groups is 3. The zero-order chi connectivity index (χ0) is 33.3. The molecule has 3 unspecified atom stereocenters. The Kier molecular flexibility index (Phi) is 13.7. The standard InChI is InChI=1S/C30H32B6O8S/c31-11-18-4-21(13-33)26(15-35)24(7-18)28(37)9-17-3-20(29(38)43-1-2-45(40,41)42)10-23(6-17)44-30(39)25-8-19(12-32)5-22(14-34)27(25)16-36/h4-5,7-8,17,20,23H,1-3,6,9-16H2,(H,40,41,42). The minimum Gasteiger partial charge on any atom is -0.464 e. The van der Waals surface area contributed by atoms with Gasteiger partial charge in [0.15, 0.2) is 5.78 Å². The molecule has 0 amide bonds. The summed E-state index contributed by atoms with van der Waals surface area (Å²) in [6.45, 7) is -0.552. The summed E-state index contributed by atoms with van der Waals surface area (Å²) in [5.41, 5.74) is 4.51. The maximum atomic E-state index is 13.7. The molecule has 8 nitrogen and oxygen atoms in total. The van der Waals surface area contributed by atoms with Gasteiger partial charge in [0, 0.05) is 12.0 Å². The number of ether oxygens (including phenoxy) is 2. The van der Waals surface area contributed by atoms with Crippen molar-refractivity contribution in [1.29, 1.82) is 0 Å². The van der Waals surface area contributed by atoms with Crippen LogP contribution >= 0.6 is 0 Å². The zero-order valence-electron chi connectivity index (χ0n) is 25.2. The van der Waals surface area contributed by atoms with Crippen molar-refractivity contribution < 1.29 is 36.8 Å². The topological polar surface area (TPSA) is 124 Å². The molecule has 3 atom stereocenters. The van der Waals surface area contributed by atoms with Gasteiger partial charge in [-0.3, -0.25) is 14.1 Å². The molecule has 1 saturated carbocycles. The Morgan fingerprint density at radius 1 is 0.756 bits per heavy atom. The van der Waals surface area contributed by atoms with E-state index in [2.05, 4.69) is 0 Å². The lowest BCUT2D eigenvalue weighted by Crippen LogP contribution is -2.36. The fourth-order valence-corrected chi connectivity index (χ4v) is 6.19. The molecule has 1 aliphatic carbocycles. The van der Waals surface area contributed by atoms with Gasteiger partial charge in [-0.2, -0.15) is 8.42 Å². The number of Topliss-reactive ketones (excluding diaryl/α,β-unsaturated/α-hetero) is 1. The lowest BCUT2D eigenvalue weighted by atomic mass is 9.75. The van der Waals surface area contributed by atoms with Gasteiger partial charge < -0.3 is 9.47 Å². The summed E-state index contributed by atoms with van der Waals surface area (Å²) in [4.78, 5) is 40.2. The highest BCUT2D eigenvalue weighted by molar-refractivity contribution is 7.85. The number of hydrogen-bond acceptors (Lipinski definition) is 7. The Labute approximate surface area is 273 Å². The number of hydrogen-bond donors (Lipinski definition) is 1. The monoisotopic (exact) mass is 618 g/mol. The van der Waals surface area contributed by atoms with E-state index in [1.165, 1.54) is 0 Å². The van der Waals surface area contributed by atoms with Crippen molar-refractivity contribution in [2.24, 2.45) is 11.8 Å². The lowest BCUT2D eigenvalue weighted by molar-refractivity contribution is -0.151. The van der Waals surface area contributed by atoms with Gasteiger partial charge in [-0.1, -0.05) is 72.3 Å². The van der Waals surface area contributed by atoms with E-state index in [-0.39, 0.29) is 75.0 Å². The molecular weight excluding hydrogens is 585 g/mol. The molecule has 15 heteroatoms.